The highest BCUT2D eigenvalue weighted by atomic mass is 19.4. The van der Waals surface area contributed by atoms with Crippen molar-refractivity contribution < 1.29 is 13.2 Å². The van der Waals surface area contributed by atoms with E-state index >= 15 is 0 Å². The molecule has 1 aromatic rings. The van der Waals surface area contributed by atoms with Crippen molar-refractivity contribution in [3.63, 3.8) is 0 Å². The summed E-state index contributed by atoms with van der Waals surface area (Å²) in [5, 5.41) is 3.27. The molecule has 1 fully saturated rings. The van der Waals surface area contributed by atoms with Gasteiger partial charge in [-0.05, 0) is 37.4 Å². The quantitative estimate of drug-likeness (QED) is 0.789. The van der Waals surface area contributed by atoms with E-state index in [1.807, 2.05) is 13.1 Å². The van der Waals surface area contributed by atoms with Gasteiger partial charge in [0.1, 0.15) is 0 Å². The van der Waals surface area contributed by atoms with E-state index < -0.39 is 11.7 Å². The van der Waals surface area contributed by atoms with Gasteiger partial charge >= 0.3 is 6.18 Å². The molecule has 2 unspecified atom stereocenters. The first kappa shape index (κ1) is 14.4. The Hall–Kier alpha value is -1.03. The van der Waals surface area contributed by atoms with Crippen LogP contribution in [0.15, 0.2) is 24.3 Å². The maximum atomic E-state index is 12.8. The summed E-state index contributed by atoms with van der Waals surface area (Å²) in [6, 6.07) is 6.10. The lowest BCUT2D eigenvalue weighted by Crippen LogP contribution is -2.31. The number of alkyl halides is 3. The first-order valence-corrected chi connectivity index (χ1v) is 6.87. The number of nitrogens with one attached hydrogen (secondary N) is 1. The molecule has 0 aromatic heterocycles. The third-order valence-electron chi connectivity index (χ3n) is 4.03. The smallest absolute Gasteiger partial charge is 0.316 e. The van der Waals surface area contributed by atoms with Crippen LogP contribution < -0.4 is 5.32 Å². The SMILES string of the molecule is CNC1CCCCCC1c1cccc(C(F)(F)F)c1. The van der Waals surface area contributed by atoms with Gasteiger partial charge in [-0.25, -0.2) is 0 Å². The van der Waals surface area contributed by atoms with Gasteiger partial charge in [-0.2, -0.15) is 13.2 Å². The number of hydrogen-bond donors (Lipinski definition) is 1. The molecule has 1 nitrogen and oxygen atoms in total. The van der Waals surface area contributed by atoms with Gasteiger partial charge in [-0.1, -0.05) is 37.5 Å². The lowest BCUT2D eigenvalue weighted by molar-refractivity contribution is -0.137. The van der Waals surface area contributed by atoms with E-state index in [4.69, 9.17) is 0 Å². The maximum Gasteiger partial charge on any atom is 0.416 e. The molecule has 19 heavy (non-hydrogen) atoms. The zero-order chi connectivity index (χ0) is 13.9. The molecule has 1 aliphatic carbocycles. The zero-order valence-electron chi connectivity index (χ0n) is 11.1. The highest BCUT2D eigenvalue weighted by Crippen LogP contribution is 2.35. The highest BCUT2D eigenvalue weighted by Gasteiger charge is 2.32. The topological polar surface area (TPSA) is 12.0 Å². The fraction of sp³-hybridized carbons (Fsp3) is 0.600. The highest BCUT2D eigenvalue weighted by molar-refractivity contribution is 5.29. The van der Waals surface area contributed by atoms with Crippen LogP contribution in [0.25, 0.3) is 0 Å². The Labute approximate surface area is 112 Å². The van der Waals surface area contributed by atoms with E-state index in [9.17, 15) is 13.2 Å². The average Bonchev–Trinajstić information content (AvgIpc) is 2.62. The molecule has 0 spiro atoms. The summed E-state index contributed by atoms with van der Waals surface area (Å²) in [5.41, 5.74) is 0.278. The molecule has 1 N–H and O–H groups in total. The van der Waals surface area contributed by atoms with Crippen LogP contribution >= 0.6 is 0 Å². The molecule has 4 heteroatoms. The fourth-order valence-corrected chi connectivity index (χ4v) is 3.00. The van der Waals surface area contributed by atoms with Crippen molar-refractivity contribution in [2.75, 3.05) is 7.05 Å². The summed E-state index contributed by atoms with van der Waals surface area (Å²) in [7, 11) is 1.90. The number of rotatable bonds is 2. The molecular weight excluding hydrogens is 251 g/mol. The van der Waals surface area contributed by atoms with Gasteiger partial charge in [0, 0.05) is 6.04 Å². The predicted molar refractivity (Wildman–Crippen MR) is 70.1 cm³/mol. The molecule has 2 atom stereocenters. The minimum Gasteiger partial charge on any atom is -0.316 e. The molecule has 0 radical (unpaired) electrons. The van der Waals surface area contributed by atoms with E-state index in [-0.39, 0.29) is 12.0 Å². The van der Waals surface area contributed by atoms with Crippen molar-refractivity contribution in [1.82, 2.24) is 5.32 Å². The van der Waals surface area contributed by atoms with E-state index in [1.165, 1.54) is 18.6 Å². The first-order chi connectivity index (χ1) is 9.02. The fourth-order valence-electron chi connectivity index (χ4n) is 3.00. The van der Waals surface area contributed by atoms with E-state index in [0.29, 0.717) is 0 Å². The summed E-state index contributed by atoms with van der Waals surface area (Å²) < 4.78 is 38.3. The number of hydrogen-bond acceptors (Lipinski definition) is 1. The second-order valence-electron chi connectivity index (χ2n) is 5.26. The van der Waals surface area contributed by atoms with Crippen LogP contribution in [-0.4, -0.2) is 13.1 Å². The Morgan fingerprint density at radius 2 is 1.84 bits per heavy atom. The third kappa shape index (κ3) is 3.50. The predicted octanol–water partition coefficient (Wildman–Crippen LogP) is 4.34. The molecule has 0 bridgehead atoms. The van der Waals surface area contributed by atoms with Crippen LogP contribution in [0.3, 0.4) is 0 Å². The molecule has 1 saturated carbocycles. The van der Waals surface area contributed by atoms with Crippen LogP contribution in [0, 0.1) is 0 Å². The molecule has 0 aliphatic heterocycles. The second kappa shape index (κ2) is 5.95. The first-order valence-electron chi connectivity index (χ1n) is 6.87. The molecular formula is C15H20F3N. The van der Waals surface area contributed by atoms with Gasteiger partial charge in [0.2, 0.25) is 0 Å². The zero-order valence-corrected chi connectivity index (χ0v) is 11.1. The Kier molecular flexibility index (Phi) is 4.50. The second-order valence-corrected chi connectivity index (χ2v) is 5.26. The van der Waals surface area contributed by atoms with Gasteiger partial charge in [-0.3, -0.25) is 0 Å². The average molecular weight is 271 g/mol. The van der Waals surface area contributed by atoms with Crippen molar-refractivity contribution >= 4 is 0 Å². The molecule has 0 heterocycles. The van der Waals surface area contributed by atoms with Gasteiger partial charge in [0.05, 0.1) is 5.56 Å². The lowest BCUT2D eigenvalue weighted by atomic mass is 9.87. The number of benzene rings is 1. The monoisotopic (exact) mass is 271 g/mol. The summed E-state index contributed by atoms with van der Waals surface area (Å²) in [6.07, 6.45) is 1.17. The Balaban J connectivity index is 2.28. The lowest BCUT2D eigenvalue weighted by Gasteiger charge is -2.25. The van der Waals surface area contributed by atoms with Crippen LogP contribution in [0.2, 0.25) is 0 Å². The third-order valence-corrected chi connectivity index (χ3v) is 4.03. The van der Waals surface area contributed by atoms with E-state index in [0.717, 1.165) is 37.3 Å². The molecule has 1 aliphatic rings. The van der Waals surface area contributed by atoms with Crippen molar-refractivity contribution in [3.8, 4) is 0 Å². The normalized spacial score (nSPS) is 25.1. The maximum absolute atomic E-state index is 12.8. The standard InChI is InChI=1S/C15H20F3N/c1-19-14-9-4-2-3-8-13(14)11-6-5-7-12(10-11)15(16,17)18/h5-7,10,13-14,19H,2-4,8-9H2,1H3. The van der Waals surface area contributed by atoms with Gasteiger partial charge in [0.15, 0.2) is 0 Å². The van der Waals surface area contributed by atoms with Crippen LogP contribution in [0.4, 0.5) is 13.2 Å². The largest absolute Gasteiger partial charge is 0.416 e. The Morgan fingerprint density at radius 1 is 1.11 bits per heavy atom. The van der Waals surface area contributed by atoms with Crippen molar-refractivity contribution in [3.05, 3.63) is 35.4 Å². The minimum absolute atomic E-state index is 0.190. The summed E-state index contributed by atoms with van der Waals surface area (Å²) in [4.78, 5) is 0. The number of likely N-dealkylation sites (N-methyl/N-ethyl adjacent to an activating group) is 1. The van der Waals surface area contributed by atoms with Gasteiger partial charge < -0.3 is 5.32 Å². The van der Waals surface area contributed by atoms with E-state index in [2.05, 4.69) is 5.32 Å². The van der Waals surface area contributed by atoms with E-state index in [1.54, 1.807) is 0 Å². The van der Waals surface area contributed by atoms with Crippen LogP contribution in [0.1, 0.15) is 49.1 Å². The summed E-state index contributed by atoms with van der Waals surface area (Å²) >= 11 is 0. The summed E-state index contributed by atoms with van der Waals surface area (Å²) in [5.74, 6) is 0.190. The van der Waals surface area contributed by atoms with Crippen LogP contribution in [0.5, 0.6) is 0 Å². The van der Waals surface area contributed by atoms with Gasteiger partial charge in [0.25, 0.3) is 0 Å². The minimum atomic E-state index is -4.25. The molecule has 2 rings (SSSR count). The van der Waals surface area contributed by atoms with Crippen LogP contribution in [-0.2, 0) is 6.18 Å². The molecule has 106 valence electrons. The van der Waals surface area contributed by atoms with Crippen molar-refractivity contribution in [1.29, 1.82) is 0 Å². The molecule has 0 saturated heterocycles. The summed E-state index contributed by atoms with van der Waals surface area (Å²) in [6.45, 7) is 0. The molecule has 1 aromatic carbocycles. The Morgan fingerprint density at radius 3 is 2.53 bits per heavy atom. The van der Waals surface area contributed by atoms with Crippen molar-refractivity contribution in [2.24, 2.45) is 0 Å². The van der Waals surface area contributed by atoms with Gasteiger partial charge in [-0.15, -0.1) is 0 Å². The van der Waals surface area contributed by atoms with Crippen molar-refractivity contribution in [2.45, 2.75) is 50.2 Å². The number of halogens is 3. The Bertz CT molecular complexity index is 414. The molecule has 0 amide bonds.